The monoisotopic (exact) mass is 191 g/mol. The number of aromatic nitrogens is 2. The molecular weight excluding hydrogens is 182 g/mol. The number of anilines is 1. The number of rotatable bonds is 2. The van der Waals surface area contributed by atoms with Gasteiger partial charge in [-0.1, -0.05) is 0 Å². The first-order chi connectivity index (χ1) is 5.26. The Morgan fingerprint density at radius 1 is 1.17 bits per heavy atom. The van der Waals surface area contributed by atoms with Gasteiger partial charge in [-0.25, -0.2) is 0 Å². The standard InChI is InChI=1S/C6H9N3O2.ClH/c1-10-4-3-5(11-2)9-6(7)8-4;/h3H,1-2H3,(H2,7,8,9);1H. The van der Waals surface area contributed by atoms with E-state index in [9.17, 15) is 0 Å². The van der Waals surface area contributed by atoms with E-state index >= 15 is 0 Å². The molecule has 1 heterocycles. The maximum Gasteiger partial charge on any atom is 0.226 e. The van der Waals surface area contributed by atoms with Crippen LogP contribution in [0.3, 0.4) is 0 Å². The lowest BCUT2D eigenvalue weighted by molar-refractivity contribution is 0.373. The summed E-state index contributed by atoms with van der Waals surface area (Å²) in [7, 11) is 3.00. The second kappa shape index (κ2) is 4.61. The van der Waals surface area contributed by atoms with Crippen molar-refractivity contribution in [1.29, 1.82) is 0 Å². The lowest BCUT2D eigenvalue weighted by atomic mass is 10.6. The molecule has 1 aromatic heterocycles. The summed E-state index contributed by atoms with van der Waals surface area (Å²) in [6, 6.07) is 1.55. The zero-order valence-corrected chi connectivity index (χ0v) is 7.59. The van der Waals surface area contributed by atoms with E-state index in [-0.39, 0.29) is 18.4 Å². The first-order valence-corrected chi connectivity index (χ1v) is 2.99. The zero-order chi connectivity index (χ0) is 8.27. The van der Waals surface area contributed by atoms with Crippen LogP contribution in [0.25, 0.3) is 0 Å². The van der Waals surface area contributed by atoms with Crippen LogP contribution >= 0.6 is 12.4 Å². The maximum absolute atomic E-state index is 5.33. The van der Waals surface area contributed by atoms with Crippen LogP contribution in [0.5, 0.6) is 11.8 Å². The van der Waals surface area contributed by atoms with Gasteiger partial charge in [0.1, 0.15) is 0 Å². The second-order valence-electron chi connectivity index (χ2n) is 1.81. The minimum atomic E-state index is 0. The second-order valence-corrected chi connectivity index (χ2v) is 1.81. The molecule has 0 amide bonds. The van der Waals surface area contributed by atoms with E-state index in [1.54, 1.807) is 6.07 Å². The predicted octanol–water partition coefficient (Wildman–Crippen LogP) is 0.498. The highest BCUT2D eigenvalue weighted by Crippen LogP contribution is 2.14. The first-order valence-electron chi connectivity index (χ1n) is 2.99. The van der Waals surface area contributed by atoms with Crippen molar-refractivity contribution in [2.45, 2.75) is 0 Å². The average molecular weight is 192 g/mol. The summed E-state index contributed by atoms with van der Waals surface area (Å²) in [4.78, 5) is 7.53. The summed E-state index contributed by atoms with van der Waals surface area (Å²) in [5.41, 5.74) is 5.33. The number of hydrogen-bond donors (Lipinski definition) is 1. The van der Waals surface area contributed by atoms with Crippen LogP contribution in [0.1, 0.15) is 0 Å². The first kappa shape index (κ1) is 10.8. The van der Waals surface area contributed by atoms with Gasteiger partial charge in [0, 0.05) is 0 Å². The molecule has 12 heavy (non-hydrogen) atoms. The molecule has 0 fully saturated rings. The van der Waals surface area contributed by atoms with E-state index in [4.69, 9.17) is 15.2 Å². The SMILES string of the molecule is COc1cc(OC)nc(N)n1.Cl. The minimum Gasteiger partial charge on any atom is -0.481 e. The summed E-state index contributed by atoms with van der Waals surface area (Å²) < 4.78 is 9.65. The predicted molar refractivity (Wildman–Crippen MR) is 46.8 cm³/mol. The lowest BCUT2D eigenvalue weighted by Gasteiger charge is -2.01. The van der Waals surface area contributed by atoms with Crippen LogP contribution in [-0.4, -0.2) is 24.2 Å². The third kappa shape index (κ3) is 2.43. The van der Waals surface area contributed by atoms with Crippen LogP contribution in [0.2, 0.25) is 0 Å². The van der Waals surface area contributed by atoms with Crippen LogP contribution in [0.4, 0.5) is 5.95 Å². The van der Waals surface area contributed by atoms with Gasteiger partial charge >= 0.3 is 0 Å². The Hall–Kier alpha value is -1.23. The number of ether oxygens (including phenoxy) is 2. The number of methoxy groups -OCH3 is 2. The highest BCUT2D eigenvalue weighted by Gasteiger charge is 2.00. The fraction of sp³-hybridized carbons (Fsp3) is 0.333. The molecule has 0 aliphatic heterocycles. The Labute approximate surface area is 76.3 Å². The maximum atomic E-state index is 5.33. The summed E-state index contributed by atoms with van der Waals surface area (Å²) in [6.07, 6.45) is 0. The largest absolute Gasteiger partial charge is 0.481 e. The Kier molecular flexibility index (Phi) is 4.14. The van der Waals surface area contributed by atoms with E-state index in [0.717, 1.165) is 0 Å². The third-order valence-electron chi connectivity index (χ3n) is 1.11. The number of nitrogens with zero attached hydrogens (tertiary/aromatic N) is 2. The van der Waals surface area contributed by atoms with Crippen molar-refractivity contribution in [3.8, 4) is 11.8 Å². The van der Waals surface area contributed by atoms with Crippen molar-refractivity contribution in [1.82, 2.24) is 9.97 Å². The normalized spacial score (nSPS) is 8.50. The van der Waals surface area contributed by atoms with Gasteiger partial charge in [0.15, 0.2) is 0 Å². The van der Waals surface area contributed by atoms with Crippen LogP contribution < -0.4 is 15.2 Å². The molecule has 0 radical (unpaired) electrons. The molecule has 5 nitrogen and oxygen atoms in total. The van der Waals surface area contributed by atoms with Gasteiger partial charge in [0.05, 0.1) is 20.3 Å². The van der Waals surface area contributed by atoms with Crippen molar-refractivity contribution in [3.63, 3.8) is 0 Å². The van der Waals surface area contributed by atoms with Gasteiger partial charge in [-0.05, 0) is 0 Å². The Morgan fingerprint density at radius 3 is 1.92 bits per heavy atom. The van der Waals surface area contributed by atoms with E-state index < -0.39 is 0 Å². The molecule has 0 unspecified atom stereocenters. The van der Waals surface area contributed by atoms with Crippen molar-refractivity contribution in [2.24, 2.45) is 0 Å². The Bertz CT molecular complexity index is 234. The quantitative estimate of drug-likeness (QED) is 0.737. The van der Waals surface area contributed by atoms with Gasteiger partial charge in [-0.3, -0.25) is 0 Å². The van der Waals surface area contributed by atoms with Crippen LogP contribution in [0.15, 0.2) is 6.07 Å². The van der Waals surface area contributed by atoms with Gasteiger partial charge in [-0.15, -0.1) is 12.4 Å². The fourth-order valence-corrected chi connectivity index (χ4v) is 0.630. The molecule has 1 aromatic rings. The molecule has 0 saturated carbocycles. The molecule has 6 heteroatoms. The van der Waals surface area contributed by atoms with E-state index in [2.05, 4.69) is 9.97 Å². The summed E-state index contributed by atoms with van der Waals surface area (Å²) >= 11 is 0. The summed E-state index contributed by atoms with van der Waals surface area (Å²) in [6.45, 7) is 0. The topological polar surface area (TPSA) is 70.3 Å². The van der Waals surface area contributed by atoms with Gasteiger partial charge in [0.2, 0.25) is 17.7 Å². The van der Waals surface area contributed by atoms with Crippen LogP contribution in [-0.2, 0) is 0 Å². The van der Waals surface area contributed by atoms with Crippen LogP contribution in [0, 0.1) is 0 Å². The molecule has 0 aliphatic rings. The highest BCUT2D eigenvalue weighted by atomic mass is 35.5. The number of nitrogen functional groups attached to an aromatic ring is 1. The summed E-state index contributed by atoms with van der Waals surface area (Å²) in [5, 5.41) is 0. The number of halogens is 1. The van der Waals surface area contributed by atoms with Crippen molar-refractivity contribution in [3.05, 3.63) is 6.07 Å². The van der Waals surface area contributed by atoms with Gasteiger partial charge < -0.3 is 15.2 Å². The molecule has 1 rings (SSSR count). The molecule has 0 bridgehead atoms. The fourth-order valence-electron chi connectivity index (χ4n) is 0.630. The zero-order valence-electron chi connectivity index (χ0n) is 6.77. The van der Waals surface area contributed by atoms with E-state index in [1.165, 1.54) is 14.2 Å². The molecule has 0 aliphatic carbocycles. The van der Waals surface area contributed by atoms with Crippen molar-refractivity contribution < 1.29 is 9.47 Å². The minimum absolute atomic E-state index is 0. The molecule has 0 atom stereocenters. The van der Waals surface area contributed by atoms with E-state index in [1.807, 2.05) is 0 Å². The number of hydrogen-bond acceptors (Lipinski definition) is 5. The van der Waals surface area contributed by atoms with Crippen molar-refractivity contribution in [2.75, 3.05) is 20.0 Å². The molecule has 0 spiro atoms. The van der Waals surface area contributed by atoms with Crippen molar-refractivity contribution >= 4 is 18.4 Å². The smallest absolute Gasteiger partial charge is 0.226 e. The van der Waals surface area contributed by atoms with Gasteiger partial charge in [-0.2, -0.15) is 9.97 Å². The molecule has 68 valence electrons. The van der Waals surface area contributed by atoms with E-state index in [0.29, 0.717) is 11.8 Å². The molecular formula is C6H10ClN3O2. The number of nitrogens with two attached hydrogens (primary N) is 1. The highest BCUT2D eigenvalue weighted by molar-refractivity contribution is 5.85. The lowest BCUT2D eigenvalue weighted by Crippen LogP contribution is -1.99. The molecule has 0 aromatic carbocycles. The Balaban J connectivity index is 0.00000121. The average Bonchev–Trinajstić information content (AvgIpc) is 2.03. The molecule has 0 saturated heterocycles. The Morgan fingerprint density at radius 2 is 1.58 bits per heavy atom. The molecule has 2 N–H and O–H groups in total. The third-order valence-corrected chi connectivity index (χ3v) is 1.11. The van der Waals surface area contributed by atoms with Gasteiger partial charge in [0.25, 0.3) is 0 Å². The summed E-state index contributed by atoms with van der Waals surface area (Å²) in [5.74, 6) is 0.935.